The van der Waals surface area contributed by atoms with Crippen LogP contribution in [0.4, 0.5) is 4.39 Å². The van der Waals surface area contributed by atoms with Crippen LogP contribution in [0.3, 0.4) is 0 Å². The molecule has 0 aliphatic rings. The van der Waals surface area contributed by atoms with Crippen LogP contribution < -0.4 is 0 Å². The van der Waals surface area contributed by atoms with Crippen molar-refractivity contribution in [1.29, 1.82) is 0 Å². The molecule has 0 amide bonds. The Morgan fingerprint density at radius 3 is 2.53 bits per heavy atom. The van der Waals surface area contributed by atoms with Crippen LogP contribution >= 0.6 is 11.8 Å². The maximum Gasteiger partial charge on any atom is 0.318 e. The summed E-state index contributed by atoms with van der Waals surface area (Å²) >= 11 is 1.65. The third-order valence-electron chi connectivity index (χ3n) is 2.43. The molecule has 0 saturated heterocycles. The Morgan fingerprint density at radius 1 is 1.24 bits per heavy atom. The van der Waals surface area contributed by atoms with E-state index in [1.54, 1.807) is 11.8 Å². The number of esters is 1. The molecule has 0 heterocycles. The molecular weight excluding hydrogens is 239 g/mol. The molecule has 2 nitrogen and oxygen atoms in total. The molecule has 4 heteroatoms. The maximum atomic E-state index is 11.8. The van der Waals surface area contributed by atoms with Gasteiger partial charge in [-0.25, -0.2) is 0 Å². The molecular formula is C13H25FO2S. The average molecular weight is 264 g/mol. The van der Waals surface area contributed by atoms with Gasteiger partial charge in [0.05, 0.1) is 18.5 Å². The van der Waals surface area contributed by atoms with Crippen LogP contribution in [0.25, 0.3) is 0 Å². The minimum Gasteiger partial charge on any atom is -0.465 e. The minimum atomic E-state index is -0.199. The zero-order chi connectivity index (χ0) is 12.9. The predicted octanol–water partition coefficient (Wildman–Crippen LogP) is 3.98. The van der Waals surface area contributed by atoms with Crippen molar-refractivity contribution >= 4 is 17.7 Å². The van der Waals surface area contributed by atoms with Crippen molar-refractivity contribution in [1.82, 2.24) is 0 Å². The van der Waals surface area contributed by atoms with Gasteiger partial charge in [0.15, 0.2) is 0 Å². The Labute approximate surface area is 109 Å². The summed E-state index contributed by atoms with van der Waals surface area (Å²) in [6, 6.07) is 0. The van der Waals surface area contributed by atoms with Gasteiger partial charge in [0, 0.05) is 0 Å². The number of unbranched alkanes of at least 4 members (excludes halogenated alkanes) is 4. The average Bonchev–Trinajstić information content (AvgIpc) is 2.34. The largest absolute Gasteiger partial charge is 0.465 e. The second kappa shape index (κ2) is 12.2. The van der Waals surface area contributed by atoms with Gasteiger partial charge in [-0.3, -0.25) is 9.18 Å². The molecule has 0 spiro atoms. The third kappa shape index (κ3) is 10.6. The molecule has 0 saturated carbocycles. The molecule has 1 atom stereocenters. The van der Waals surface area contributed by atoms with E-state index in [-0.39, 0.29) is 17.9 Å². The van der Waals surface area contributed by atoms with Crippen molar-refractivity contribution in [2.24, 2.45) is 0 Å². The van der Waals surface area contributed by atoms with Gasteiger partial charge in [0.1, 0.15) is 0 Å². The van der Waals surface area contributed by atoms with Gasteiger partial charge >= 0.3 is 5.97 Å². The summed E-state index contributed by atoms with van der Waals surface area (Å²) in [6.45, 7) is 4.20. The lowest BCUT2D eigenvalue weighted by Gasteiger charge is -2.10. The van der Waals surface area contributed by atoms with E-state index in [4.69, 9.17) is 4.74 Å². The molecule has 0 N–H and O–H groups in total. The first kappa shape index (κ1) is 16.8. The lowest BCUT2D eigenvalue weighted by molar-refractivity contribution is -0.142. The van der Waals surface area contributed by atoms with Gasteiger partial charge in [0.2, 0.25) is 0 Å². The van der Waals surface area contributed by atoms with E-state index >= 15 is 0 Å². The van der Waals surface area contributed by atoms with E-state index in [1.165, 1.54) is 0 Å². The topological polar surface area (TPSA) is 26.3 Å². The molecule has 0 aliphatic heterocycles. The van der Waals surface area contributed by atoms with Crippen LogP contribution in [0.2, 0.25) is 0 Å². The fourth-order valence-electron chi connectivity index (χ4n) is 1.38. The summed E-state index contributed by atoms with van der Waals surface area (Å²) in [4.78, 5) is 11.4. The molecule has 102 valence electrons. The summed E-state index contributed by atoms with van der Waals surface area (Å²) in [7, 11) is 0. The fourth-order valence-corrected chi connectivity index (χ4v) is 2.30. The van der Waals surface area contributed by atoms with Gasteiger partial charge in [-0.2, -0.15) is 0 Å². The van der Waals surface area contributed by atoms with Gasteiger partial charge in [-0.15, -0.1) is 11.8 Å². The summed E-state index contributed by atoms with van der Waals surface area (Å²) in [6.07, 6.45) is 5.87. The van der Waals surface area contributed by atoms with E-state index in [2.05, 4.69) is 0 Å². The van der Waals surface area contributed by atoms with Crippen molar-refractivity contribution in [3.05, 3.63) is 0 Å². The van der Waals surface area contributed by atoms with Crippen molar-refractivity contribution in [2.75, 3.05) is 19.0 Å². The molecule has 1 unspecified atom stereocenters. The Morgan fingerprint density at radius 2 is 1.88 bits per heavy atom. The fraction of sp³-hybridized carbons (Fsp3) is 0.923. The molecule has 0 aromatic carbocycles. The Hall–Kier alpha value is -0.250. The molecule has 0 bridgehead atoms. The third-order valence-corrected chi connectivity index (χ3v) is 3.64. The molecule has 0 radical (unpaired) electrons. The highest BCUT2D eigenvalue weighted by Gasteiger charge is 2.13. The second-order valence-electron chi connectivity index (χ2n) is 4.14. The lowest BCUT2D eigenvalue weighted by Crippen LogP contribution is -2.17. The highest BCUT2D eigenvalue weighted by atomic mass is 32.2. The number of halogens is 1. The first-order valence-corrected chi connectivity index (χ1v) is 7.61. The Balaban J connectivity index is 3.32. The van der Waals surface area contributed by atoms with Crippen LogP contribution in [-0.2, 0) is 9.53 Å². The monoisotopic (exact) mass is 264 g/mol. The second-order valence-corrected chi connectivity index (χ2v) is 5.59. The van der Waals surface area contributed by atoms with E-state index in [1.807, 2.05) is 13.8 Å². The van der Waals surface area contributed by atoms with Crippen molar-refractivity contribution in [2.45, 2.75) is 57.6 Å². The molecule has 0 rings (SSSR count). The van der Waals surface area contributed by atoms with Crippen LogP contribution in [0.5, 0.6) is 0 Å². The zero-order valence-corrected chi connectivity index (χ0v) is 11.9. The van der Waals surface area contributed by atoms with Crippen molar-refractivity contribution in [3.63, 3.8) is 0 Å². The predicted molar refractivity (Wildman–Crippen MR) is 72.2 cm³/mol. The molecule has 0 aromatic heterocycles. The normalized spacial score (nSPS) is 12.4. The number of hydrogen-bond donors (Lipinski definition) is 0. The maximum absolute atomic E-state index is 11.8. The number of carbonyl (C=O) groups is 1. The number of thioether (sulfide) groups is 1. The van der Waals surface area contributed by atoms with Crippen molar-refractivity contribution in [3.8, 4) is 0 Å². The molecule has 0 fully saturated rings. The number of ether oxygens (including phenoxy) is 1. The number of alkyl halides is 1. The molecule has 17 heavy (non-hydrogen) atoms. The van der Waals surface area contributed by atoms with Crippen molar-refractivity contribution < 1.29 is 13.9 Å². The highest BCUT2D eigenvalue weighted by Crippen LogP contribution is 2.15. The number of carbonyl (C=O) groups excluding carboxylic acids is 1. The first-order chi connectivity index (χ1) is 8.22. The summed E-state index contributed by atoms with van der Waals surface area (Å²) in [5, 5.41) is -0.0626. The summed E-state index contributed by atoms with van der Waals surface area (Å²) in [5.74, 6) is 0.882. The standard InChI is InChI=1S/C13H25FO2S/c1-3-10-16-13(15)12(2)17-11-8-6-4-5-7-9-14/h12H,3-11H2,1-2H3. The first-order valence-electron chi connectivity index (χ1n) is 6.56. The van der Waals surface area contributed by atoms with E-state index < -0.39 is 0 Å². The number of rotatable bonds is 11. The minimum absolute atomic E-state index is 0.0626. The molecule has 0 aromatic rings. The summed E-state index contributed by atoms with van der Waals surface area (Å²) in [5.41, 5.74) is 0. The van der Waals surface area contributed by atoms with Gasteiger partial charge in [0.25, 0.3) is 0 Å². The smallest absolute Gasteiger partial charge is 0.318 e. The van der Waals surface area contributed by atoms with E-state index in [0.717, 1.165) is 37.9 Å². The van der Waals surface area contributed by atoms with Crippen LogP contribution in [0.15, 0.2) is 0 Å². The van der Waals surface area contributed by atoms with Crippen LogP contribution in [0.1, 0.15) is 52.4 Å². The van der Waals surface area contributed by atoms with Gasteiger partial charge in [-0.05, 0) is 31.9 Å². The van der Waals surface area contributed by atoms with E-state index in [0.29, 0.717) is 13.0 Å². The van der Waals surface area contributed by atoms with Gasteiger partial charge in [-0.1, -0.05) is 26.2 Å². The van der Waals surface area contributed by atoms with Crippen LogP contribution in [-0.4, -0.2) is 30.3 Å². The Bertz CT molecular complexity index is 188. The SMILES string of the molecule is CCCOC(=O)C(C)SCCCCCCCF. The highest BCUT2D eigenvalue weighted by molar-refractivity contribution is 8.00. The van der Waals surface area contributed by atoms with Gasteiger partial charge < -0.3 is 4.74 Å². The number of hydrogen-bond acceptors (Lipinski definition) is 3. The van der Waals surface area contributed by atoms with E-state index in [9.17, 15) is 9.18 Å². The summed E-state index contributed by atoms with van der Waals surface area (Å²) < 4.78 is 16.9. The Kier molecular flexibility index (Phi) is 12.0. The lowest BCUT2D eigenvalue weighted by atomic mass is 10.2. The zero-order valence-electron chi connectivity index (χ0n) is 11.0. The van der Waals surface area contributed by atoms with Crippen LogP contribution in [0, 0.1) is 0 Å². The molecule has 0 aliphatic carbocycles. The quantitative estimate of drug-likeness (QED) is 0.417.